The van der Waals surface area contributed by atoms with Crippen molar-refractivity contribution < 1.29 is 186 Å². The normalized spacial score (nSPS) is 12.3. The van der Waals surface area contributed by atoms with E-state index in [2.05, 4.69) is 10.6 Å². The number of Topliss-reactive ketones (excluding diaryl/α,β-unsaturated/α-hetero) is 1. The highest BCUT2D eigenvalue weighted by Gasteiger charge is 2.36. The van der Waals surface area contributed by atoms with E-state index in [9.17, 15) is 38.4 Å². The van der Waals surface area contributed by atoms with Crippen LogP contribution in [0.2, 0.25) is 0 Å². The number of imide groups is 1. The number of benzene rings is 1. The Morgan fingerprint density at radius 3 is 0.760 bits per heavy atom. The lowest BCUT2D eigenvalue weighted by Crippen LogP contribution is -2.59. The number of nitrogens with one attached hydrogen (secondary N) is 2. The molecule has 0 bridgehead atoms. The van der Waals surface area contributed by atoms with Crippen LogP contribution in [0.3, 0.4) is 0 Å². The lowest BCUT2D eigenvalue weighted by atomic mass is 9.87. The predicted octanol–water partition coefficient (Wildman–Crippen LogP) is 1.30. The summed E-state index contributed by atoms with van der Waals surface area (Å²) in [6.07, 6.45) is -0.187. The molecule has 0 fully saturated rings. The third-order valence-corrected chi connectivity index (χ3v) is 16.7. The summed E-state index contributed by atoms with van der Waals surface area (Å²) < 4.78 is 155. The van der Waals surface area contributed by atoms with Crippen LogP contribution in [0.4, 0.5) is 0 Å². The van der Waals surface area contributed by atoms with Crippen LogP contribution in [0.15, 0.2) is 24.3 Å². The molecule has 0 unspecified atom stereocenters. The number of aliphatic carboxylic acids is 3. The summed E-state index contributed by atoms with van der Waals surface area (Å²) in [4.78, 5) is 96.6. The number of ether oxygens (including phenoxy) is 28. The predicted molar refractivity (Wildman–Crippen MR) is 443 cm³/mol. The number of amides is 4. The molecule has 4 amide bonds. The maximum absolute atomic E-state index is 12.9. The average molecular weight is 1810 g/mol. The molecule has 42 heteroatoms. The smallest absolute Gasteiger partial charge is 0.305 e. The van der Waals surface area contributed by atoms with Gasteiger partial charge in [-0.05, 0) is 17.5 Å². The third-order valence-electron chi connectivity index (χ3n) is 16.7. The zero-order chi connectivity index (χ0) is 90.4. The summed E-state index contributed by atoms with van der Waals surface area (Å²) in [6.45, 7) is 22.5. The Morgan fingerprint density at radius 2 is 0.488 bits per heavy atom. The van der Waals surface area contributed by atoms with Crippen molar-refractivity contribution in [2.24, 2.45) is 5.41 Å². The Labute approximate surface area is 734 Å². The van der Waals surface area contributed by atoms with Crippen molar-refractivity contribution in [1.29, 1.82) is 0 Å². The summed E-state index contributed by atoms with van der Waals surface area (Å²) in [5.74, 6) is -4.44. The van der Waals surface area contributed by atoms with E-state index in [1.807, 2.05) is 13.8 Å². The van der Waals surface area contributed by atoms with Gasteiger partial charge in [0.1, 0.15) is 11.3 Å². The summed E-state index contributed by atoms with van der Waals surface area (Å²) in [6, 6.07) is 6.79. The fourth-order valence-corrected chi connectivity index (χ4v) is 10.4. The summed E-state index contributed by atoms with van der Waals surface area (Å²) in [5.41, 5.74) is -0.868. The first-order chi connectivity index (χ1) is 61.0. The average Bonchev–Trinajstić information content (AvgIpc) is 1.64. The number of fused-ring (bicyclic) bond motifs is 1. The number of hydrogen-bond acceptors (Lipinski definition) is 36. The van der Waals surface area contributed by atoms with Gasteiger partial charge in [-0.3, -0.25) is 43.3 Å². The van der Waals surface area contributed by atoms with Crippen LogP contribution in [-0.4, -0.2) is 456 Å². The van der Waals surface area contributed by atoms with Gasteiger partial charge in [0.25, 0.3) is 11.8 Å². The van der Waals surface area contributed by atoms with Gasteiger partial charge in [-0.1, -0.05) is 26.0 Å². The third kappa shape index (κ3) is 74.7. The number of carboxylic acid groups (broad SMARTS) is 3. The molecule has 0 spiro atoms. The van der Waals surface area contributed by atoms with Crippen molar-refractivity contribution in [1.82, 2.24) is 15.5 Å². The maximum Gasteiger partial charge on any atom is 0.305 e. The van der Waals surface area contributed by atoms with E-state index in [0.29, 0.717) is 315 Å². The Kier molecular flexibility index (Phi) is 78.5. The minimum atomic E-state index is -1.37. The van der Waals surface area contributed by atoms with Crippen molar-refractivity contribution in [2.45, 2.75) is 64.3 Å². The second-order valence-electron chi connectivity index (χ2n) is 28.0. The van der Waals surface area contributed by atoms with Crippen LogP contribution in [0, 0.1) is 5.41 Å². The Hall–Kier alpha value is -5.74. The monoisotopic (exact) mass is 1810 g/mol. The van der Waals surface area contributed by atoms with Gasteiger partial charge in [0, 0.05) is 32.2 Å². The molecule has 0 radical (unpaired) electrons. The molecule has 42 nitrogen and oxygen atoms in total. The molecular weight excluding hydrogens is 1660 g/mol. The Morgan fingerprint density at radius 1 is 0.272 bits per heavy atom. The maximum atomic E-state index is 12.9. The number of nitrogens with zero attached hydrogens (tertiary/aromatic N) is 1. The van der Waals surface area contributed by atoms with Crippen molar-refractivity contribution >= 4 is 47.3 Å². The van der Waals surface area contributed by atoms with Gasteiger partial charge in [-0.25, -0.2) is 0 Å². The minimum Gasteiger partial charge on any atom is -0.481 e. The van der Waals surface area contributed by atoms with E-state index < -0.39 is 29.4 Å². The largest absolute Gasteiger partial charge is 0.481 e. The van der Waals surface area contributed by atoms with E-state index in [1.165, 1.54) is 4.90 Å². The zero-order valence-electron chi connectivity index (χ0n) is 73.8. The molecule has 1 aromatic carbocycles. The second-order valence-corrected chi connectivity index (χ2v) is 28.0. The fourth-order valence-electron chi connectivity index (χ4n) is 10.4. The van der Waals surface area contributed by atoms with Crippen LogP contribution < -0.4 is 10.6 Å². The topological polar surface area (TPSA) is 483 Å². The minimum absolute atomic E-state index is 0.0311. The number of hydrogen-bond donors (Lipinski definition) is 5. The first-order valence-corrected chi connectivity index (χ1v) is 42.9. The molecule has 0 saturated carbocycles. The second kappa shape index (κ2) is 85.1. The van der Waals surface area contributed by atoms with Crippen molar-refractivity contribution in [3.8, 4) is 0 Å². The molecule has 1 aliphatic rings. The highest BCUT2D eigenvalue weighted by Crippen LogP contribution is 2.23. The van der Waals surface area contributed by atoms with Gasteiger partial charge in [0.2, 0.25) is 11.8 Å². The molecule has 1 aromatic rings. The van der Waals surface area contributed by atoms with E-state index >= 15 is 0 Å². The number of carbonyl (C=O) groups is 8. The van der Waals surface area contributed by atoms with Crippen LogP contribution >= 0.6 is 0 Å². The number of ketones is 1. The zero-order valence-corrected chi connectivity index (χ0v) is 73.8. The Balaban J connectivity index is 1.19. The summed E-state index contributed by atoms with van der Waals surface area (Å²) >= 11 is 0. The van der Waals surface area contributed by atoms with Crippen LogP contribution in [0.5, 0.6) is 0 Å². The molecule has 1 aliphatic heterocycles. The van der Waals surface area contributed by atoms with Gasteiger partial charge >= 0.3 is 17.9 Å². The van der Waals surface area contributed by atoms with Crippen molar-refractivity contribution in [3.05, 3.63) is 35.4 Å². The van der Waals surface area contributed by atoms with Crippen LogP contribution in [0.1, 0.15) is 79.5 Å². The Bertz CT molecular complexity index is 2680. The molecule has 726 valence electrons. The molecule has 125 heavy (non-hydrogen) atoms. The lowest BCUT2D eigenvalue weighted by molar-refractivity contribution is -0.140. The molecule has 0 atom stereocenters. The highest BCUT2D eigenvalue weighted by atomic mass is 16.6. The quantitative estimate of drug-likeness (QED) is 0.0453. The van der Waals surface area contributed by atoms with Gasteiger partial charge in [-0.2, -0.15) is 0 Å². The van der Waals surface area contributed by atoms with Crippen LogP contribution in [0.25, 0.3) is 0 Å². The number of carbonyl (C=O) groups excluding carboxylic acids is 5. The highest BCUT2D eigenvalue weighted by molar-refractivity contribution is 6.21. The van der Waals surface area contributed by atoms with E-state index in [-0.39, 0.29) is 153 Å². The molecule has 1 heterocycles. The molecule has 5 N–H and O–H groups in total. The van der Waals surface area contributed by atoms with Gasteiger partial charge in [-0.15, -0.1) is 0 Å². The van der Waals surface area contributed by atoms with Crippen LogP contribution in [-0.2, 0) is 161 Å². The fraction of sp³-hybridized carbons (Fsp3) is 0.831. The standard InChI is InChI=1S/C83H145N3O39/c1-82(2,67-72(87)7-15-98-21-13-84-75(88)8-16-99-23-26-102-29-32-105-35-38-108-41-44-111-47-50-114-53-54-116-52-49-113-46-43-110-40-37-107-34-31-104-28-25-101-22-14-86-80(96)73-5-3-4-6-74(73)81(86)97)68-125-66-65-121-64-63-120-62-61-119-60-59-118-58-57-117-56-55-115-51-48-112-45-42-109-39-36-106-33-30-103-27-24-100-17-9-76(89)85-83(69-122-18-10-77(90)91,70-123-19-11-78(92)93)71-124-20-12-79(94)95/h3-6H,7-71H2,1-2H3,(H,84,88)(H,85,89)(H,90,91)(H,92,93)(H,94,95). The molecular formula is C83H145N3O39. The molecule has 2 rings (SSSR count). The van der Waals surface area contributed by atoms with Crippen molar-refractivity contribution in [3.63, 3.8) is 0 Å². The summed E-state index contributed by atoms with van der Waals surface area (Å²) in [5, 5.41) is 32.4. The molecule has 0 aromatic heterocycles. The molecule has 0 aliphatic carbocycles. The summed E-state index contributed by atoms with van der Waals surface area (Å²) in [7, 11) is 0. The van der Waals surface area contributed by atoms with E-state index in [4.69, 9.17) is 148 Å². The van der Waals surface area contributed by atoms with E-state index in [0.717, 1.165) is 0 Å². The first-order valence-electron chi connectivity index (χ1n) is 42.9. The van der Waals surface area contributed by atoms with Gasteiger partial charge < -0.3 is 159 Å². The number of rotatable bonds is 101. The van der Waals surface area contributed by atoms with E-state index in [1.54, 1.807) is 24.3 Å². The van der Waals surface area contributed by atoms with Crippen molar-refractivity contribution in [2.75, 3.05) is 383 Å². The van der Waals surface area contributed by atoms with Gasteiger partial charge in [0.15, 0.2) is 0 Å². The lowest BCUT2D eigenvalue weighted by Gasteiger charge is -2.34. The van der Waals surface area contributed by atoms with Gasteiger partial charge in [0.05, 0.1) is 407 Å². The number of carboxylic acids is 3. The SMILES string of the molecule is CC(C)(COCCOCCOCCOCCOCCOCCOCCOCCOCCOCCOCCOCCC(=O)NC(COCCC(=O)O)(COCCC(=O)O)COCCC(=O)O)CC(=O)CCOCCNC(=O)CCOCCOCCOCCOCCOCCOCCOCCOCCOCCOCCOCCOCCN1C(=O)c2ccccc2C1=O. The first kappa shape index (κ1) is 115. The molecule has 0 saturated heterocycles.